The molecule has 0 N–H and O–H groups in total. The van der Waals surface area contributed by atoms with Gasteiger partial charge in [-0.05, 0) is 12.8 Å². The molecule has 0 atom stereocenters. The molecule has 0 bridgehead atoms. The number of unbranched alkanes of at least 4 members (excludes halogenated alkanes) is 11. The average molecular weight is 341 g/mol. The van der Waals surface area contributed by atoms with Crippen molar-refractivity contribution < 1.29 is 19.1 Å². The van der Waals surface area contributed by atoms with Crippen molar-refractivity contribution in [1.29, 1.82) is 0 Å². The zero-order valence-electron chi connectivity index (χ0n) is 15.9. The molecule has 0 spiro atoms. The molecular weight excluding hydrogens is 304 g/mol. The Labute approximate surface area is 148 Å². The highest BCUT2D eigenvalue weighted by Gasteiger charge is 2.11. The normalized spacial score (nSPS) is 11.4. The summed E-state index contributed by atoms with van der Waals surface area (Å²) in [5.41, 5.74) is 0.399. The number of hydrogen-bond donors (Lipinski definition) is 0. The minimum Gasteiger partial charge on any atom is -0.466 e. The van der Waals surface area contributed by atoms with Gasteiger partial charge in [0, 0.05) is 11.6 Å². The standard InChI is InChI=1S/C20H36O4/c1-4-5-6-7-8-9-10-11-12-13-14-15-16-18(20(22)24-3)17-19(21)23-2/h17H,4-16H2,1-3H3/b18-17-. The molecule has 0 aromatic carbocycles. The molecule has 4 nitrogen and oxygen atoms in total. The van der Waals surface area contributed by atoms with Crippen LogP contribution in [-0.2, 0) is 19.1 Å². The molecule has 0 fully saturated rings. The van der Waals surface area contributed by atoms with Gasteiger partial charge < -0.3 is 9.47 Å². The molecule has 0 unspecified atom stereocenters. The van der Waals surface area contributed by atoms with Gasteiger partial charge in [0.1, 0.15) is 0 Å². The van der Waals surface area contributed by atoms with E-state index in [0.717, 1.165) is 12.8 Å². The number of rotatable bonds is 15. The second-order valence-corrected chi connectivity index (χ2v) is 6.32. The van der Waals surface area contributed by atoms with Gasteiger partial charge in [0.25, 0.3) is 0 Å². The smallest absolute Gasteiger partial charge is 0.333 e. The number of carbonyl (C=O) groups excluding carboxylic acids is 2. The van der Waals surface area contributed by atoms with Crippen LogP contribution >= 0.6 is 0 Å². The number of carbonyl (C=O) groups is 2. The van der Waals surface area contributed by atoms with Crippen molar-refractivity contribution in [3.05, 3.63) is 11.6 Å². The third-order valence-corrected chi connectivity index (χ3v) is 4.24. The SMILES string of the molecule is CCCCCCCCCCCCCC/C(=C/C(=O)OC)C(=O)OC. The van der Waals surface area contributed by atoms with E-state index in [1.807, 2.05) is 0 Å². The quantitative estimate of drug-likeness (QED) is 0.229. The molecular formula is C20H36O4. The molecule has 0 rings (SSSR count). The summed E-state index contributed by atoms with van der Waals surface area (Å²) in [6, 6.07) is 0. The predicted octanol–water partition coefficient (Wildman–Crippen LogP) is 5.35. The van der Waals surface area contributed by atoms with Crippen LogP contribution in [0.4, 0.5) is 0 Å². The van der Waals surface area contributed by atoms with Gasteiger partial charge in [0.05, 0.1) is 14.2 Å². The van der Waals surface area contributed by atoms with Gasteiger partial charge in [0.2, 0.25) is 0 Å². The summed E-state index contributed by atoms with van der Waals surface area (Å²) in [5, 5.41) is 0. The van der Waals surface area contributed by atoms with Crippen LogP contribution in [0, 0.1) is 0 Å². The van der Waals surface area contributed by atoms with E-state index in [2.05, 4.69) is 11.7 Å². The molecule has 0 radical (unpaired) electrons. The van der Waals surface area contributed by atoms with Crippen molar-refractivity contribution >= 4 is 11.9 Å². The summed E-state index contributed by atoms with van der Waals surface area (Å²) in [6.07, 6.45) is 17.0. The minimum absolute atomic E-state index is 0.399. The van der Waals surface area contributed by atoms with Gasteiger partial charge in [-0.1, -0.05) is 77.6 Å². The van der Waals surface area contributed by atoms with Crippen molar-refractivity contribution in [2.45, 2.75) is 90.4 Å². The largest absolute Gasteiger partial charge is 0.466 e. The molecule has 4 heteroatoms. The van der Waals surface area contributed by atoms with E-state index in [1.54, 1.807) is 0 Å². The number of hydrogen-bond acceptors (Lipinski definition) is 4. The van der Waals surface area contributed by atoms with Crippen molar-refractivity contribution in [3.63, 3.8) is 0 Å². The van der Waals surface area contributed by atoms with Crippen LogP contribution < -0.4 is 0 Å². The Kier molecular flexibility index (Phi) is 15.6. The highest BCUT2D eigenvalue weighted by atomic mass is 16.5. The summed E-state index contributed by atoms with van der Waals surface area (Å²) in [5.74, 6) is -0.946. The Balaban J connectivity index is 3.64. The lowest BCUT2D eigenvalue weighted by Gasteiger charge is -2.06. The third kappa shape index (κ3) is 13.1. The molecule has 0 saturated heterocycles. The van der Waals surface area contributed by atoms with Crippen LogP contribution in [0.5, 0.6) is 0 Å². The first kappa shape index (κ1) is 22.7. The Morgan fingerprint density at radius 3 is 1.58 bits per heavy atom. The van der Waals surface area contributed by atoms with E-state index in [0.29, 0.717) is 12.0 Å². The Hall–Kier alpha value is -1.32. The lowest BCUT2D eigenvalue weighted by molar-refractivity contribution is -0.138. The first-order valence-electron chi connectivity index (χ1n) is 9.52. The van der Waals surface area contributed by atoms with Gasteiger partial charge in [-0.15, -0.1) is 0 Å². The van der Waals surface area contributed by atoms with Crippen LogP contribution in [0.15, 0.2) is 11.6 Å². The van der Waals surface area contributed by atoms with Gasteiger partial charge >= 0.3 is 11.9 Å². The van der Waals surface area contributed by atoms with Gasteiger partial charge in [-0.3, -0.25) is 0 Å². The molecule has 0 saturated carbocycles. The van der Waals surface area contributed by atoms with Gasteiger partial charge in [-0.25, -0.2) is 9.59 Å². The highest BCUT2D eigenvalue weighted by molar-refractivity contribution is 5.96. The molecule has 0 aromatic rings. The molecule has 0 aliphatic carbocycles. The Morgan fingerprint density at radius 1 is 0.708 bits per heavy atom. The van der Waals surface area contributed by atoms with E-state index in [1.165, 1.54) is 84.5 Å². The van der Waals surface area contributed by atoms with Gasteiger partial charge in [-0.2, -0.15) is 0 Å². The average Bonchev–Trinajstić information content (AvgIpc) is 2.60. The number of methoxy groups -OCH3 is 2. The van der Waals surface area contributed by atoms with E-state index in [-0.39, 0.29) is 0 Å². The van der Waals surface area contributed by atoms with E-state index in [9.17, 15) is 9.59 Å². The predicted molar refractivity (Wildman–Crippen MR) is 97.8 cm³/mol. The van der Waals surface area contributed by atoms with Crippen LogP contribution in [-0.4, -0.2) is 26.2 Å². The first-order chi connectivity index (χ1) is 11.7. The molecule has 140 valence electrons. The van der Waals surface area contributed by atoms with Crippen molar-refractivity contribution in [2.75, 3.05) is 14.2 Å². The zero-order valence-corrected chi connectivity index (χ0v) is 15.9. The van der Waals surface area contributed by atoms with Crippen LogP contribution in [0.2, 0.25) is 0 Å². The fourth-order valence-corrected chi connectivity index (χ4v) is 2.72. The second-order valence-electron chi connectivity index (χ2n) is 6.32. The highest BCUT2D eigenvalue weighted by Crippen LogP contribution is 2.15. The lowest BCUT2D eigenvalue weighted by Crippen LogP contribution is -2.08. The van der Waals surface area contributed by atoms with E-state index >= 15 is 0 Å². The van der Waals surface area contributed by atoms with Crippen LogP contribution in [0.25, 0.3) is 0 Å². The molecule has 0 aromatic heterocycles. The molecule has 0 aliphatic rings. The minimum atomic E-state index is -0.505. The maximum atomic E-state index is 11.6. The maximum Gasteiger partial charge on any atom is 0.333 e. The number of esters is 2. The molecule has 0 aliphatic heterocycles. The van der Waals surface area contributed by atoms with Crippen LogP contribution in [0.3, 0.4) is 0 Å². The topological polar surface area (TPSA) is 52.6 Å². The summed E-state index contributed by atoms with van der Waals surface area (Å²) in [6.45, 7) is 2.25. The summed E-state index contributed by atoms with van der Waals surface area (Å²) < 4.78 is 9.27. The summed E-state index contributed by atoms with van der Waals surface area (Å²) in [4.78, 5) is 22.9. The Bertz CT molecular complexity index is 361. The zero-order chi connectivity index (χ0) is 18.0. The summed E-state index contributed by atoms with van der Waals surface area (Å²) in [7, 11) is 2.63. The lowest BCUT2D eigenvalue weighted by atomic mass is 10.0. The fourth-order valence-electron chi connectivity index (χ4n) is 2.72. The summed E-state index contributed by atoms with van der Waals surface area (Å²) >= 11 is 0. The van der Waals surface area contributed by atoms with Gasteiger partial charge in [0.15, 0.2) is 0 Å². The van der Waals surface area contributed by atoms with Crippen molar-refractivity contribution in [2.24, 2.45) is 0 Å². The second kappa shape index (κ2) is 16.5. The third-order valence-electron chi connectivity index (χ3n) is 4.24. The van der Waals surface area contributed by atoms with Crippen molar-refractivity contribution in [3.8, 4) is 0 Å². The van der Waals surface area contributed by atoms with E-state index < -0.39 is 11.9 Å². The monoisotopic (exact) mass is 340 g/mol. The Morgan fingerprint density at radius 2 is 1.17 bits per heavy atom. The maximum absolute atomic E-state index is 11.6. The number of ether oxygens (including phenoxy) is 2. The fraction of sp³-hybridized carbons (Fsp3) is 0.800. The van der Waals surface area contributed by atoms with E-state index in [4.69, 9.17) is 4.74 Å². The molecule has 24 heavy (non-hydrogen) atoms. The van der Waals surface area contributed by atoms with Crippen molar-refractivity contribution in [1.82, 2.24) is 0 Å². The molecule has 0 heterocycles. The van der Waals surface area contributed by atoms with Crippen LogP contribution in [0.1, 0.15) is 90.4 Å². The molecule has 0 amide bonds. The first-order valence-corrected chi connectivity index (χ1v) is 9.52.